The number of ether oxygens (including phenoxy) is 2. The first kappa shape index (κ1) is 23.9. The molecule has 0 radical (unpaired) electrons. The molecule has 5 aromatic rings. The first-order valence-electron chi connectivity index (χ1n) is 11.0. The molecular formula is C28H25ClN4O2. The average molecular weight is 485 g/mol. The zero-order valence-corrected chi connectivity index (χ0v) is 20.0. The van der Waals surface area contributed by atoms with Crippen molar-refractivity contribution in [2.75, 3.05) is 17.7 Å². The van der Waals surface area contributed by atoms with Crippen LogP contribution in [0.2, 0.25) is 0 Å². The third-order valence-corrected chi connectivity index (χ3v) is 5.30. The van der Waals surface area contributed by atoms with Gasteiger partial charge < -0.3 is 20.1 Å². The largest absolute Gasteiger partial charge is 0.497 e. The molecule has 4 aromatic carbocycles. The van der Waals surface area contributed by atoms with Gasteiger partial charge >= 0.3 is 0 Å². The van der Waals surface area contributed by atoms with Crippen molar-refractivity contribution in [2.45, 2.75) is 6.61 Å². The number of nitrogens with one attached hydrogen (secondary N) is 2. The van der Waals surface area contributed by atoms with E-state index in [1.165, 1.54) is 0 Å². The van der Waals surface area contributed by atoms with Crippen molar-refractivity contribution < 1.29 is 9.47 Å². The van der Waals surface area contributed by atoms with E-state index in [1.54, 1.807) is 7.11 Å². The number of hydrogen-bond acceptors (Lipinski definition) is 6. The first-order valence-corrected chi connectivity index (χ1v) is 11.0. The van der Waals surface area contributed by atoms with Crippen molar-refractivity contribution in [1.29, 1.82) is 0 Å². The Hall–Kier alpha value is -4.29. The molecule has 1 heterocycles. The number of benzene rings is 4. The second kappa shape index (κ2) is 11.2. The number of rotatable bonds is 8. The highest BCUT2D eigenvalue weighted by Gasteiger charge is 2.10. The van der Waals surface area contributed by atoms with Crippen LogP contribution in [0.15, 0.2) is 103 Å². The lowest BCUT2D eigenvalue weighted by Crippen LogP contribution is -2.02. The van der Waals surface area contributed by atoms with Crippen molar-refractivity contribution in [1.82, 2.24) is 9.97 Å². The monoisotopic (exact) mass is 484 g/mol. The van der Waals surface area contributed by atoms with Gasteiger partial charge in [0.2, 0.25) is 5.95 Å². The number of halogens is 1. The second-order valence-electron chi connectivity index (χ2n) is 7.69. The van der Waals surface area contributed by atoms with Crippen molar-refractivity contribution in [2.24, 2.45) is 0 Å². The lowest BCUT2D eigenvalue weighted by atomic mass is 10.2. The van der Waals surface area contributed by atoms with Crippen LogP contribution in [0.25, 0.3) is 10.9 Å². The van der Waals surface area contributed by atoms with Crippen LogP contribution in [0.3, 0.4) is 0 Å². The molecule has 176 valence electrons. The molecule has 0 spiro atoms. The molecule has 0 amide bonds. The van der Waals surface area contributed by atoms with E-state index in [0.717, 1.165) is 39.3 Å². The Morgan fingerprint density at radius 2 is 1.34 bits per heavy atom. The van der Waals surface area contributed by atoms with E-state index in [9.17, 15) is 0 Å². The minimum atomic E-state index is 0. The van der Waals surface area contributed by atoms with E-state index in [2.05, 4.69) is 10.6 Å². The molecule has 0 saturated heterocycles. The molecule has 0 aliphatic carbocycles. The van der Waals surface area contributed by atoms with Crippen molar-refractivity contribution in [3.8, 4) is 11.5 Å². The fourth-order valence-corrected chi connectivity index (χ4v) is 3.55. The number of para-hydroxylation sites is 1. The first-order chi connectivity index (χ1) is 16.8. The number of nitrogens with zero attached hydrogens (tertiary/aromatic N) is 2. The minimum absolute atomic E-state index is 0. The van der Waals surface area contributed by atoms with Crippen molar-refractivity contribution in [3.05, 3.63) is 109 Å². The van der Waals surface area contributed by atoms with E-state index < -0.39 is 0 Å². The maximum Gasteiger partial charge on any atom is 0.229 e. The molecule has 2 N–H and O–H groups in total. The highest BCUT2D eigenvalue weighted by atomic mass is 35.5. The van der Waals surface area contributed by atoms with Gasteiger partial charge in [0.25, 0.3) is 0 Å². The normalized spacial score (nSPS) is 10.3. The van der Waals surface area contributed by atoms with Gasteiger partial charge in [-0.2, -0.15) is 4.98 Å². The van der Waals surface area contributed by atoms with E-state index in [0.29, 0.717) is 18.4 Å². The molecule has 0 aliphatic rings. The van der Waals surface area contributed by atoms with Crippen LogP contribution in [0.5, 0.6) is 11.5 Å². The maximum atomic E-state index is 5.88. The number of methoxy groups -OCH3 is 1. The second-order valence-corrected chi connectivity index (χ2v) is 7.69. The van der Waals surface area contributed by atoms with Gasteiger partial charge in [-0.3, -0.25) is 0 Å². The van der Waals surface area contributed by atoms with Crippen LogP contribution in [0, 0.1) is 0 Å². The third kappa shape index (κ3) is 5.99. The van der Waals surface area contributed by atoms with Gasteiger partial charge in [0.15, 0.2) is 0 Å². The lowest BCUT2D eigenvalue weighted by molar-refractivity contribution is 0.306. The highest BCUT2D eigenvalue weighted by Crippen LogP contribution is 2.29. The molecule has 6 nitrogen and oxygen atoms in total. The van der Waals surface area contributed by atoms with E-state index >= 15 is 0 Å². The highest BCUT2D eigenvalue weighted by molar-refractivity contribution is 5.93. The molecule has 0 unspecified atom stereocenters. The molecule has 35 heavy (non-hydrogen) atoms. The zero-order valence-electron chi connectivity index (χ0n) is 19.1. The lowest BCUT2D eigenvalue weighted by Gasteiger charge is -2.13. The van der Waals surface area contributed by atoms with E-state index in [4.69, 9.17) is 19.4 Å². The Morgan fingerprint density at radius 3 is 2.06 bits per heavy atom. The Morgan fingerprint density at radius 1 is 0.686 bits per heavy atom. The smallest absolute Gasteiger partial charge is 0.229 e. The number of aromatic nitrogens is 2. The summed E-state index contributed by atoms with van der Waals surface area (Å²) in [6, 6.07) is 33.5. The van der Waals surface area contributed by atoms with Crippen molar-refractivity contribution in [3.63, 3.8) is 0 Å². The zero-order chi connectivity index (χ0) is 23.2. The fourth-order valence-electron chi connectivity index (χ4n) is 3.55. The third-order valence-electron chi connectivity index (χ3n) is 5.30. The summed E-state index contributed by atoms with van der Waals surface area (Å²) in [5.41, 5.74) is 3.74. The number of anilines is 4. The average Bonchev–Trinajstić information content (AvgIpc) is 2.89. The molecule has 0 aliphatic heterocycles. The standard InChI is InChI=1S/C28H24N4O2.ClH/c1-33-24-16-17-26-25(18-24)27(29-21-10-6-3-7-11-21)32-28(31-26)30-22-12-14-23(15-13-22)34-19-20-8-4-2-5-9-20;/h2-18H,19H2,1H3,(H2,29,30,31,32);1H. The Balaban J connectivity index is 0.00000289. The Kier molecular flexibility index (Phi) is 7.65. The summed E-state index contributed by atoms with van der Waals surface area (Å²) in [7, 11) is 1.65. The van der Waals surface area contributed by atoms with Crippen LogP contribution >= 0.6 is 12.4 Å². The van der Waals surface area contributed by atoms with Gasteiger partial charge in [-0.1, -0.05) is 48.5 Å². The van der Waals surface area contributed by atoms with Gasteiger partial charge in [0.1, 0.15) is 23.9 Å². The molecule has 1 aromatic heterocycles. The summed E-state index contributed by atoms with van der Waals surface area (Å²) in [6.45, 7) is 0.527. The molecule has 7 heteroatoms. The van der Waals surface area contributed by atoms with Gasteiger partial charge in [0, 0.05) is 16.8 Å². The maximum absolute atomic E-state index is 5.88. The molecule has 0 saturated carbocycles. The SMILES string of the molecule is COc1ccc2nc(Nc3ccc(OCc4ccccc4)cc3)nc(Nc3ccccc3)c2c1.Cl. The Labute approximate surface area is 210 Å². The van der Waals surface area contributed by atoms with Gasteiger partial charge in [-0.25, -0.2) is 4.98 Å². The molecule has 0 bridgehead atoms. The van der Waals surface area contributed by atoms with Crippen LogP contribution in [-0.2, 0) is 6.61 Å². The molecule has 0 atom stereocenters. The van der Waals surface area contributed by atoms with Gasteiger partial charge in [0.05, 0.1) is 12.6 Å². The summed E-state index contributed by atoms with van der Waals surface area (Å²) in [5.74, 6) is 2.74. The Bertz CT molecular complexity index is 1380. The number of hydrogen-bond donors (Lipinski definition) is 2. The van der Waals surface area contributed by atoms with Gasteiger partial charge in [-0.05, 0) is 60.2 Å². The van der Waals surface area contributed by atoms with Crippen LogP contribution in [0.1, 0.15) is 5.56 Å². The summed E-state index contributed by atoms with van der Waals surface area (Å²) in [6.07, 6.45) is 0. The van der Waals surface area contributed by atoms with E-state index in [1.807, 2.05) is 103 Å². The summed E-state index contributed by atoms with van der Waals surface area (Å²) in [5, 5.41) is 7.58. The van der Waals surface area contributed by atoms with Crippen LogP contribution < -0.4 is 20.1 Å². The molecular weight excluding hydrogens is 460 g/mol. The predicted octanol–water partition coefficient (Wildman–Crippen LogP) is 7.13. The number of fused-ring (bicyclic) bond motifs is 1. The quantitative estimate of drug-likeness (QED) is 0.244. The molecule has 0 fully saturated rings. The van der Waals surface area contributed by atoms with Crippen LogP contribution in [0.4, 0.5) is 23.1 Å². The van der Waals surface area contributed by atoms with E-state index in [-0.39, 0.29) is 12.4 Å². The minimum Gasteiger partial charge on any atom is -0.497 e. The summed E-state index contributed by atoms with van der Waals surface area (Å²) < 4.78 is 11.3. The summed E-state index contributed by atoms with van der Waals surface area (Å²) >= 11 is 0. The van der Waals surface area contributed by atoms with Crippen molar-refractivity contribution >= 4 is 46.5 Å². The summed E-state index contributed by atoms with van der Waals surface area (Å²) in [4.78, 5) is 9.44. The van der Waals surface area contributed by atoms with Gasteiger partial charge in [-0.15, -0.1) is 12.4 Å². The predicted molar refractivity (Wildman–Crippen MR) is 144 cm³/mol. The molecule has 5 rings (SSSR count). The fraction of sp³-hybridized carbons (Fsp3) is 0.0714. The topological polar surface area (TPSA) is 68.3 Å². The van der Waals surface area contributed by atoms with Crippen LogP contribution in [-0.4, -0.2) is 17.1 Å².